The van der Waals surface area contributed by atoms with E-state index in [1.165, 1.54) is 77.2 Å². The molecule has 45 heteroatoms. The number of aliphatic imine (C=N–C) groups is 1. The van der Waals surface area contributed by atoms with Gasteiger partial charge in [-0.05, 0) is 110 Å². The van der Waals surface area contributed by atoms with Gasteiger partial charge in [0.1, 0.15) is 42.7 Å². The van der Waals surface area contributed by atoms with Gasteiger partial charge < -0.3 is 85.0 Å². The second-order valence-electron chi connectivity index (χ2n) is 27.1. The number of hydrogen-bond donors (Lipinski definition) is 12. The summed E-state index contributed by atoms with van der Waals surface area (Å²) in [5.41, 5.74) is 16.9. The highest BCUT2D eigenvalue weighted by atomic mass is 33.1. The predicted molar refractivity (Wildman–Crippen MR) is 408 cm³/mol. The minimum atomic E-state index is -5.92. The van der Waals surface area contributed by atoms with Crippen molar-refractivity contribution in [2.75, 3.05) is 57.6 Å². The summed E-state index contributed by atoms with van der Waals surface area (Å²) in [5, 5.41) is 25.8. The number of carbonyl (C=O) groups excluding carboxylic acids is 4. The molecule has 11 atom stereocenters. The van der Waals surface area contributed by atoms with Crippen molar-refractivity contribution in [2.45, 2.75) is 137 Å². The van der Waals surface area contributed by atoms with Crippen molar-refractivity contribution >= 4 is 106 Å². The molecule has 1 saturated heterocycles. The van der Waals surface area contributed by atoms with E-state index < -0.39 is 149 Å². The van der Waals surface area contributed by atoms with Crippen molar-refractivity contribution in [3.8, 4) is 29.1 Å². The van der Waals surface area contributed by atoms with E-state index in [-0.39, 0.29) is 118 Å². The van der Waals surface area contributed by atoms with E-state index in [4.69, 9.17) is 48.5 Å². The number of azide groups is 1. The Kier molecular flexibility index (Phi) is 27.0. The summed E-state index contributed by atoms with van der Waals surface area (Å²) < 4.78 is 159. The molecular formula is C68H80N11O27P3S4. The summed E-state index contributed by atoms with van der Waals surface area (Å²) in [7, 11) is -24.7. The maximum atomic E-state index is 13.8. The molecule has 5 aliphatic rings. The predicted octanol–water partition coefficient (Wildman–Crippen LogP) is 6.23. The lowest BCUT2D eigenvalue weighted by Crippen LogP contribution is -2.43. The number of amidine groups is 1. The number of ether oxygens (including phenoxy) is 6. The third kappa shape index (κ3) is 20.5. The van der Waals surface area contributed by atoms with E-state index in [2.05, 4.69) is 61.7 Å². The van der Waals surface area contributed by atoms with Crippen LogP contribution in [0.1, 0.15) is 126 Å². The van der Waals surface area contributed by atoms with Gasteiger partial charge in [0.25, 0.3) is 32.1 Å². The van der Waals surface area contributed by atoms with Crippen molar-refractivity contribution in [1.29, 1.82) is 0 Å². The quantitative estimate of drug-likeness (QED) is 0.00256. The van der Waals surface area contributed by atoms with Crippen LogP contribution in [0.15, 0.2) is 122 Å². The van der Waals surface area contributed by atoms with E-state index in [0.717, 1.165) is 4.90 Å². The number of nitrogens with zero attached hydrogens (tertiary/aromatic N) is 6. The van der Waals surface area contributed by atoms with Crippen LogP contribution in [0.3, 0.4) is 0 Å². The molecular weight excluding hydrogens is 1620 g/mol. The van der Waals surface area contributed by atoms with Gasteiger partial charge >= 0.3 is 29.4 Å². The summed E-state index contributed by atoms with van der Waals surface area (Å²) in [6, 6.07) is 21.3. The highest BCUT2D eigenvalue weighted by molar-refractivity contribution is 8.76. The maximum absolute atomic E-state index is 13.8. The van der Waals surface area contributed by atoms with Crippen LogP contribution in [0.25, 0.3) is 16.0 Å². The zero-order valence-electron chi connectivity index (χ0n) is 61.5. The molecule has 13 N–H and O–H groups in total. The largest absolute Gasteiger partial charge is 0.491 e. The smallest absolute Gasteiger partial charge is 0.490 e. The normalized spacial score (nSPS) is 21.1. The van der Waals surface area contributed by atoms with E-state index in [9.17, 15) is 79.2 Å². The van der Waals surface area contributed by atoms with Crippen LogP contribution >= 0.6 is 45.1 Å². The topological polar surface area (TPSA) is 563 Å². The highest BCUT2D eigenvalue weighted by Crippen LogP contribution is 2.66. The lowest BCUT2D eigenvalue weighted by atomic mass is 9.78. The molecule has 0 radical (unpaired) electrons. The molecule has 5 heterocycles. The molecule has 0 bridgehead atoms. The number of fused-ring (bicyclic) bond motifs is 4. The van der Waals surface area contributed by atoms with Crippen molar-refractivity contribution in [2.24, 2.45) is 20.8 Å². The Morgan fingerprint density at radius 2 is 1.51 bits per heavy atom. The van der Waals surface area contributed by atoms with Crippen LogP contribution in [0.2, 0.25) is 0 Å². The van der Waals surface area contributed by atoms with Crippen LogP contribution in [-0.4, -0.2) is 187 Å². The molecule has 10 rings (SSSR count). The zero-order chi connectivity index (χ0) is 82.7. The number of nitrogens with one attached hydrogen (secondary N) is 4. The van der Waals surface area contributed by atoms with Crippen molar-refractivity contribution in [3.63, 3.8) is 0 Å². The summed E-state index contributed by atoms with van der Waals surface area (Å²) in [5.74, 6) is 1.95. The molecule has 0 aromatic heterocycles. The molecule has 5 aromatic rings. The van der Waals surface area contributed by atoms with Crippen molar-refractivity contribution in [1.82, 2.24) is 20.9 Å². The highest BCUT2D eigenvalue weighted by Gasteiger charge is 2.49. The molecule has 3 amide bonds. The second kappa shape index (κ2) is 35.0. The molecule has 9 unspecified atom stereocenters. The number of esters is 1. The van der Waals surface area contributed by atoms with E-state index in [1.807, 2.05) is 47.8 Å². The van der Waals surface area contributed by atoms with Crippen LogP contribution in [0.4, 0.5) is 5.69 Å². The fraction of sp³-hybridized carbons (Fsp3) is 0.412. The SMILES string of the molecule is CSSC(C)c1ccccc1C(=O)OC1C[C@H](N2C=C(C#CCNC(=O)C(C)OCCOC(COc3cccc(C(=O)NCCNC(=O)c4ccc(C5=c6cc7c(c(S(=O)(=O)O)c6Oc6c5cc5c(c6S(=O)(=O)O)NC(C)C5(C)C)=NC(C)C7(C)C)cc4)c3)N=[N+]=[N-])C(N)=NC2O)O[C@@H]1COP(=O)(O)OP(=O)(O)OP(=O)(O)O. The van der Waals surface area contributed by atoms with Gasteiger partial charge in [-0.3, -0.25) is 33.0 Å². The summed E-state index contributed by atoms with van der Waals surface area (Å²) in [6.07, 6.45) is -5.43. The minimum Gasteiger partial charge on any atom is -0.491 e. The molecule has 0 aliphatic carbocycles. The van der Waals surface area contributed by atoms with Gasteiger partial charge in [-0.25, -0.2) is 23.5 Å². The number of rotatable bonds is 32. The minimum absolute atomic E-state index is 0.00381. The van der Waals surface area contributed by atoms with Gasteiger partial charge in [0.2, 0.25) is 12.3 Å². The first-order valence-corrected chi connectivity index (χ1v) is 44.2. The number of amides is 3. The van der Waals surface area contributed by atoms with Crippen molar-refractivity contribution in [3.05, 3.63) is 162 Å². The lowest BCUT2D eigenvalue weighted by Gasteiger charge is -2.32. The van der Waals surface area contributed by atoms with Gasteiger partial charge in [-0.1, -0.05) is 103 Å². The number of benzene rings is 5. The first-order valence-electron chi connectivity index (χ1n) is 34.2. The fourth-order valence-electron chi connectivity index (χ4n) is 12.6. The molecule has 608 valence electrons. The zero-order valence-corrected chi connectivity index (χ0v) is 67.5. The number of aliphatic hydroxyl groups is 1. The summed E-state index contributed by atoms with van der Waals surface area (Å²) in [6.45, 7) is 12.3. The summed E-state index contributed by atoms with van der Waals surface area (Å²) in [4.78, 5) is 103. The molecule has 0 spiro atoms. The van der Waals surface area contributed by atoms with Crippen LogP contribution in [0, 0.1) is 11.8 Å². The second-order valence-corrected chi connectivity index (χ2v) is 37.0. The standard InChI is InChI=1S/C68H80N11O27P3S4/c1-35(62(80)71-23-13-15-42-32-79(66(84)76-61(42)69)53-31-50(103-65(83)45-18-11-10-17-44(45)36(2)111-110-9)51(102-53)33-101-108(88,89)106-109(90,91)105-107(85,86)87)98-26-27-99-52(77-78-70)34-100-43-16-12-14-41(28-43)64(82)73-25-24-72-63(81)40-21-19-39(20-22-40)54-46-29-48-55(74-37(3)67(48,5)6)59(112(92,93)94)57(46)104-58-47(54)30-49-56(60(58)113(95,96)97)75-38(4)68(49,7)8/h10-12,14,16-22,28-30,32,35-38,50-53,66,74,84H,23-27,31,33-34H2,1-9H3,(H2,69,76)(H,71,80)(H,72,81)(H,73,82)(H,88,89)(H,90,91)(H2,85,86,87)(H,92,93,94)(H,95,96,97)/t35?,36?,37?,38?,50?,51-,52?,53-,66?/m1/s1. The third-order valence-electron chi connectivity index (χ3n) is 18.9. The van der Waals surface area contributed by atoms with E-state index >= 15 is 0 Å². The first-order chi connectivity index (χ1) is 52.9. The molecule has 38 nitrogen and oxygen atoms in total. The average Bonchev–Trinajstić information content (AvgIpc) is 1.62. The Morgan fingerprint density at radius 3 is 2.18 bits per heavy atom. The van der Waals surface area contributed by atoms with Crippen LogP contribution in [0.5, 0.6) is 17.2 Å². The molecule has 5 aromatic carbocycles. The van der Waals surface area contributed by atoms with E-state index in [1.54, 1.807) is 49.4 Å². The third-order valence-corrected chi connectivity index (χ3v) is 26.7. The van der Waals surface area contributed by atoms with Gasteiger partial charge in [0, 0.05) is 80.2 Å². The number of nitrogens with two attached hydrogens (primary N) is 1. The average molecular weight is 1700 g/mol. The Hall–Kier alpha value is -8.30. The summed E-state index contributed by atoms with van der Waals surface area (Å²) >= 11 is 0. The Bertz CT molecular complexity index is 5310. The van der Waals surface area contributed by atoms with Crippen molar-refractivity contribution < 1.29 is 125 Å². The number of hydrogen-bond acceptors (Lipinski definition) is 29. The molecule has 5 aliphatic heterocycles. The van der Waals surface area contributed by atoms with Gasteiger partial charge in [0.15, 0.2) is 27.5 Å². The first kappa shape index (κ1) is 87.1. The number of phosphoric ester groups is 1. The molecule has 113 heavy (non-hydrogen) atoms. The number of aliphatic hydroxyl groups excluding tert-OH is 1. The van der Waals surface area contributed by atoms with Crippen LogP contribution < -0.4 is 47.1 Å². The van der Waals surface area contributed by atoms with Gasteiger partial charge in [0.05, 0.1) is 54.6 Å². The number of phosphoric acid groups is 3. The monoisotopic (exact) mass is 1700 g/mol. The van der Waals surface area contributed by atoms with Crippen LogP contribution in [-0.2, 0) is 81.6 Å². The molecule has 1 fully saturated rings. The fourth-order valence-corrected chi connectivity index (χ4v) is 19.0. The lowest BCUT2D eigenvalue weighted by molar-refractivity contribution is -0.133. The Labute approximate surface area is 655 Å². The number of anilines is 1. The Balaban J connectivity index is 0.702. The number of carbonyl (C=O) groups is 4. The molecule has 0 saturated carbocycles. The maximum Gasteiger partial charge on any atom is 0.490 e. The van der Waals surface area contributed by atoms with Gasteiger partial charge in [-0.15, -0.1) is 0 Å². The van der Waals surface area contributed by atoms with E-state index in [0.29, 0.717) is 22.3 Å². The Morgan fingerprint density at radius 1 is 0.841 bits per heavy atom. The van der Waals surface area contributed by atoms with Gasteiger partial charge in [-0.2, -0.15) is 25.5 Å².